The molecule has 6 heteroatoms. The van der Waals surface area contributed by atoms with Gasteiger partial charge in [-0.25, -0.2) is 4.79 Å². The summed E-state index contributed by atoms with van der Waals surface area (Å²) in [5.41, 5.74) is 1.98. The predicted octanol–water partition coefficient (Wildman–Crippen LogP) is 4.44. The molecule has 0 radical (unpaired) electrons. The first kappa shape index (κ1) is 17.4. The molecular formula is C17H17Cl2NO3. The van der Waals surface area contributed by atoms with Gasteiger partial charge in [0.05, 0.1) is 25.0 Å². The SMILES string of the molecule is CNc1c(OCCc2ccc(Cl)cc2Cl)cccc1C(=O)OC. The molecule has 0 heterocycles. The van der Waals surface area contributed by atoms with Gasteiger partial charge < -0.3 is 14.8 Å². The van der Waals surface area contributed by atoms with Crippen LogP contribution < -0.4 is 10.1 Å². The van der Waals surface area contributed by atoms with Crippen LogP contribution in [0.2, 0.25) is 10.0 Å². The van der Waals surface area contributed by atoms with Crippen molar-refractivity contribution >= 4 is 34.9 Å². The molecule has 0 spiro atoms. The van der Waals surface area contributed by atoms with Crippen LogP contribution in [0.3, 0.4) is 0 Å². The monoisotopic (exact) mass is 353 g/mol. The van der Waals surface area contributed by atoms with Crippen molar-refractivity contribution in [2.75, 3.05) is 26.1 Å². The van der Waals surface area contributed by atoms with Crippen LogP contribution in [0.4, 0.5) is 5.69 Å². The zero-order valence-electron chi connectivity index (χ0n) is 12.9. The Labute approximate surface area is 145 Å². The third kappa shape index (κ3) is 4.30. The smallest absolute Gasteiger partial charge is 0.340 e. The van der Waals surface area contributed by atoms with Crippen LogP contribution in [0, 0.1) is 0 Å². The lowest BCUT2D eigenvalue weighted by Crippen LogP contribution is -2.09. The molecule has 23 heavy (non-hydrogen) atoms. The number of para-hydroxylation sites is 1. The Morgan fingerprint density at radius 2 is 2.00 bits per heavy atom. The maximum absolute atomic E-state index is 11.8. The van der Waals surface area contributed by atoms with E-state index in [1.54, 1.807) is 37.4 Å². The van der Waals surface area contributed by atoms with Gasteiger partial charge in [0.25, 0.3) is 0 Å². The van der Waals surface area contributed by atoms with Gasteiger partial charge in [0.2, 0.25) is 0 Å². The number of halogens is 2. The van der Waals surface area contributed by atoms with Crippen LogP contribution in [0.5, 0.6) is 5.75 Å². The van der Waals surface area contributed by atoms with Gasteiger partial charge in [-0.05, 0) is 29.8 Å². The number of ether oxygens (including phenoxy) is 2. The molecule has 0 saturated heterocycles. The zero-order chi connectivity index (χ0) is 16.8. The summed E-state index contributed by atoms with van der Waals surface area (Å²) in [5.74, 6) is 0.168. The number of methoxy groups -OCH3 is 1. The second kappa shape index (κ2) is 8.09. The molecule has 0 aliphatic heterocycles. The quantitative estimate of drug-likeness (QED) is 0.779. The van der Waals surface area contributed by atoms with Crippen molar-refractivity contribution in [1.82, 2.24) is 0 Å². The minimum atomic E-state index is -0.416. The molecule has 4 nitrogen and oxygen atoms in total. The zero-order valence-corrected chi connectivity index (χ0v) is 14.4. The van der Waals surface area contributed by atoms with Gasteiger partial charge in [-0.15, -0.1) is 0 Å². The van der Waals surface area contributed by atoms with E-state index in [0.717, 1.165) is 5.56 Å². The predicted molar refractivity (Wildman–Crippen MR) is 93.0 cm³/mol. The summed E-state index contributed by atoms with van der Waals surface area (Å²) in [7, 11) is 3.07. The van der Waals surface area contributed by atoms with Crippen LogP contribution in [-0.4, -0.2) is 26.7 Å². The molecular weight excluding hydrogens is 337 g/mol. The minimum absolute atomic E-state index is 0.416. The third-order valence-electron chi connectivity index (χ3n) is 3.33. The van der Waals surface area contributed by atoms with Gasteiger partial charge in [-0.3, -0.25) is 0 Å². The van der Waals surface area contributed by atoms with E-state index in [-0.39, 0.29) is 0 Å². The highest BCUT2D eigenvalue weighted by molar-refractivity contribution is 6.35. The molecule has 0 fully saturated rings. The number of hydrogen-bond donors (Lipinski definition) is 1. The van der Waals surface area contributed by atoms with Crippen molar-refractivity contribution in [3.8, 4) is 5.75 Å². The summed E-state index contributed by atoms with van der Waals surface area (Å²) in [6.07, 6.45) is 0.627. The molecule has 0 aliphatic carbocycles. The van der Waals surface area contributed by atoms with E-state index in [4.69, 9.17) is 32.7 Å². The fourth-order valence-electron chi connectivity index (χ4n) is 2.18. The van der Waals surface area contributed by atoms with E-state index < -0.39 is 5.97 Å². The fourth-order valence-corrected chi connectivity index (χ4v) is 2.69. The third-order valence-corrected chi connectivity index (χ3v) is 3.91. The molecule has 0 bridgehead atoms. The van der Waals surface area contributed by atoms with Crippen LogP contribution in [0.1, 0.15) is 15.9 Å². The molecule has 0 aliphatic rings. The van der Waals surface area contributed by atoms with Crippen LogP contribution in [0.25, 0.3) is 0 Å². The number of hydrogen-bond acceptors (Lipinski definition) is 4. The van der Waals surface area contributed by atoms with Gasteiger partial charge in [0.15, 0.2) is 0 Å². The number of rotatable bonds is 6. The van der Waals surface area contributed by atoms with E-state index >= 15 is 0 Å². The van der Waals surface area contributed by atoms with Gasteiger partial charge in [0.1, 0.15) is 5.75 Å². The second-order valence-electron chi connectivity index (χ2n) is 4.75. The van der Waals surface area contributed by atoms with E-state index in [1.165, 1.54) is 7.11 Å². The number of carbonyl (C=O) groups excluding carboxylic acids is 1. The van der Waals surface area contributed by atoms with E-state index in [1.807, 2.05) is 6.07 Å². The van der Waals surface area contributed by atoms with Crippen molar-refractivity contribution in [1.29, 1.82) is 0 Å². The maximum Gasteiger partial charge on any atom is 0.340 e. The standard InChI is InChI=1S/C17H17Cl2NO3/c1-20-16-13(17(21)22-2)4-3-5-15(16)23-9-8-11-6-7-12(18)10-14(11)19/h3-7,10,20H,8-9H2,1-2H3. The van der Waals surface area contributed by atoms with Crippen molar-refractivity contribution in [2.45, 2.75) is 6.42 Å². The number of benzene rings is 2. The number of nitrogens with one attached hydrogen (secondary N) is 1. The lowest BCUT2D eigenvalue weighted by Gasteiger charge is -2.14. The van der Waals surface area contributed by atoms with E-state index in [0.29, 0.717) is 40.1 Å². The molecule has 0 aromatic heterocycles. The van der Waals surface area contributed by atoms with Crippen molar-refractivity contribution in [3.05, 3.63) is 57.6 Å². The van der Waals surface area contributed by atoms with E-state index in [2.05, 4.69) is 5.32 Å². The number of carbonyl (C=O) groups is 1. The highest BCUT2D eigenvalue weighted by Crippen LogP contribution is 2.29. The Kier molecular flexibility index (Phi) is 6.13. The Hall–Kier alpha value is -1.91. The van der Waals surface area contributed by atoms with Gasteiger partial charge in [-0.1, -0.05) is 35.3 Å². The van der Waals surface area contributed by atoms with Gasteiger partial charge in [0, 0.05) is 23.5 Å². The first-order valence-electron chi connectivity index (χ1n) is 7.02. The summed E-state index contributed by atoms with van der Waals surface area (Å²) >= 11 is 12.0. The van der Waals surface area contributed by atoms with Crippen molar-refractivity contribution in [2.24, 2.45) is 0 Å². The largest absolute Gasteiger partial charge is 0.491 e. The Morgan fingerprint density at radius 3 is 2.65 bits per heavy atom. The van der Waals surface area contributed by atoms with Crippen LogP contribution >= 0.6 is 23.2 Å². The Balaban J connectivity index is 2.10. The number of anilines is 1. The fraction of sp³-hybridized carbons (Fsp3) is 0.235. The molecule has 1 N–H and O–H groups in total. The maximum atomic E-state index is 11.8. The highest BCUT2D eigenvalue weighted by atomic mass is 35.5. The Bertz CT molecular complexity index is 704. The lowest BCUT2D eigenvalue weighted by molar-refractivity contribution is 0.0601. The van der Waals surface area contributed by atoms with Gasteiger partial charge >= 0.3 is 5.97 Å². The average Bonchev–Trinajstić information content (AvgIpc) is 2.55. The highest BCUT2D eigenvalue weighted by Gasteiger charge is 2.15. The average molecular weight is 354 g/mol. The Morgan fingerprint density at radius 1 is 1.22 bits per heavy atom. The minimum Gasteiger partial charge on any atom is -0.491 e. The molecule has 2 rings (SSSR count). The summed E-state index contributed by atoms with van der Waals surface area (Å²) in [6, 6.07) is 10.6. The summed E-state index contributed by atoms with van der Waals surface area (Å²) < 4.78 is 10.6. The molecule has 0 saturated carbocycles. The number of esters is 1. The molecule has 0 atom stereocenters. The van der Waals surface area contributed by atoms with Crippen LogP contribution in [-0.2, 0) is 11.2 Å². The van der Waals surface area contributed by atoms with E-state index in [9.17, 15) is 4.79 Å². The van der Waals surface area contributed by atoms with Crippen molar-refractivity contribution < 1.29 is 14.3 Å². The first-order valence-corrected chi connectivity index (χ1v) is 7.78. The topological polar surface area (TPSA) is 47.6 Å². The molecule has 2 aromatic rings. The lowest BCUT2D eigenvalue weighted by atomic mass is 10.1. The van der Waals surface area contributed by atoms with Gasteiger partial charge in [-0.2, -0.15) is 0 Å². The molecule has 2 aromatic carbocycles. The first-order chi connectivity index (χ1) is 11.1. The normalized spacial score (nSPS) is 10.3. The molecule has 0 unspecified atom stereocenters. The molecule has 0 amide bonds. The van der Waals surface area contributed by atoms with Crippen LogP contribution in [0.15, 0.2) is 36.4 Å². The summed E-state index contributed by atoms with van der Waals surface area (Å²) in [6.45, 7) is 0.417. The molecule has 122 valence electrons. The van der Waals surface area contributed by atoms with Crippen molar-refractivity contribution in [3.63, 3.8) is 0 Å². The summed E-state index contributed by atoms with van der Waals surface area (Å²) in [4.78, 5) is 11.8. The summed E-state index contributed by atoms with van der Waals surface area (Å²) in [5, 5.41) is 4.19. The second-order valence-corrected chi connectivity index (χ2v) is 5.60.